The van der Waals surface area contributed by atoms with E-state index >= 15 is 0 Å². The van der Waals surface area contributed by atoms with E-state index in [1.165, 1.54) is 18.2 Å². The molecular weight excluding hydrogens is 875 g/mol. The molecule has 376 valence electrons. The second-order valence-electron chi connectivity index (χ2n) is 17.0. The maximum absolute atomic E-state index is 13.6. The highest BCUT2D eigenvalue weighted by atomic mass is 31.2. The van der Waals surface area contributed by atoms with E-state index in [0.717, 1.165) is 64.2 Å². The summed E-state index contributed by atoms with van der Waals surface area (Å²) in [5.41, 5.74) is 0. The summed E-state index contributed by atoms with van der Waals surface area (Å²) in [5.74, 6) is -5.14. The topological polar surface area (TPSA) is 267 Å². The average molecular weight is 955 g/mol. The number of fused-ring (bicyclic) bond motifs is 4. The van der Waals surface area contributed by atoms with Crippen molar-refractivity contribution >= 4 is 25.5 Å². The van der Waals surface area contributed by atoms with Crippen LogP contribution in [-0.2, 0) is 37.5 Å². The monoisotopic (exact) mass is 955 g/mol. The molecule has 0 aromatic heterocycles. The lowest BCUT2D eigenvalue weighted by molar-refractivity contribution is -0.166. The van der Waals surface area contributed by atoms with E-state index in [-0.39, 0.29) is 25.7 Å². The molecule has 0 aromatic rings. The number of allylic oxidation sites excluding steroid dienone is 10. The number of unbranched alkanes of at least 4 members (excludes halogenated alkanes) is 6. The fraction of sp³-hybridized carbons (Fsp3) is 0.694. The average Bonchev–Trinajstić information content (AvgIpc) is 3.28. The number of carbonyl (C=O) groups excluding carboxylic acids is 3. The Morgan fingerprint density at radius 3 is 2.14 bits per heavy atom. The molecule has 2 bridgehead atoms. The molecule has 0 saturated heterocycles. The van der Waals surface area contributed by atoms with Gasteiger partial charge in [0, 0.05) is 31.1 Å². The number of Topliss-reactive ketones (excluding diaryl/α,β-unsaturated/α-hetero) is 1. The number of hydrogen-bond acceptors (Lipinski definition) is 15. The van der Waals surface area contributed by atoms with E-state index in [2.05, 4.69) is 55.5 Å². The van der Waals surface area contributed by atoms with Gasteiger partial charge in [0.1, 0.15) is 36.8 Å². The lowest BCUT2D eigenvalue weighted by Crippen LogP contribution is -2.55. The van der Waals surface area contributed by atoms with E-state index in [1.807, 2.05) is 6.92 Å². The lowest BCUT2D eigenvalue weighted by Gasteiger charge is -2.36. The first-order chi connectivity index (χ1) is 31.6. The Kier molecular flexibility index (Phi) is 30.6. The molecule has 8 N–H and O–H groups in total. The molecule has 66 heavy (non-hydrogen) atoms. The fourth-order valence-corrected chi connectivity index (χ4v) is 8.42. The maximum atomic E-state index is 13.6. The Morgan fingerprint density at radius 2 is 1.45 bits per heavy atom. The predicted molar refractivity (Wildman–Crippen MR) is 249 cm³/mol. The van der Waals surface area contributed by atoms with E-state index in [0.29, 0.717) is 25.7 Å². The van der Waals surface area contributed by atoms with E-state index in [1.54, 1.807) is 6.08 Å². The van der Waals surface area contributed by atoms with Gasteiger partial charge in [0.15, 0.2) is 6.10 Å². The summed E-state index contributed by atoms with van der Waals surface area (Å²) in [4.78, 5) is 50.1. The molecule has 1 heterocycles. The summed E-state index contributed by atoms with van der Waals surface area (Å²) in [6.45, 7) is 2.65. The van der Waals surface area contributed by atoms with Crippen LogP contribution >= 0.6 is 7.82 Å². The van der Waals surface area contributed by atoms with Crippen LogP contribution < -0.4 is 0 Å². The molecule has 0 aromatic carbocycles. The Morgan fingerprint density at radius 1 is 0.803 bits per heavy atom. The zero-order valence-electron chi connectivity index (χ0n) is 38.9. The number of hydrogen-bond donors (Lipinski definition) is 8. The van der Waals surface area contributed by atoms with Crippen molar-refractivity contribution in [3.63, 3.8) is 0 Å². The highest BCUT2D eigenvalue weighted by molar-refractivity contribution is 7.47. The van der Waals surface area contributed by atoms with Crippen LogP contribution in [0.25, 0.3) is 0 Å². The second kappa shape index (κ2) is 34.2. The fourth-order valence-electron chi connectivity index (χ4n) is 7.45. The summed E-state index contributed by atoms with van der Waals surface area (Å²) in [5, 5.41) is 78.6. The Bertz CT molecular complexity index is 1610. The third kappa shape index (κ3) is 24.2. The van der Waals surface area contributed by atoms with Crippen LogP contribution in [0.2, 0.25) is 0 Å². The standard InChI is InChI=1S/C49H79O16P/c1-3-5-7-8-9-10-11-12-13-14-15-16-17-18-19-20-26-30-43(54)64-37-34-62-42(53)29-25-22-21-24-28-38-40(51)33-41(52)39(32-31-36(50)27-23-6-4-2)45(56)47(58)49(48(59)46(57)44(38)55)65-66(60,61)63-35-37/h5,7,9-10,12-13,15-16,21,24,31-32,36-39,41,44-50,52,55-59H,3-4,6,8,11,14,17-20,22-23,25-30,33-35H2,1-2H3,(H,60,61)/b7-5-,10-9-,13-12-,16-15-,24-21-,32-31+/t36-,37+,38-,39-,41+,44+,45+,46-,47+,48+,49+/m0/s1. The number of ether oxygens (including phenoxy) is 2. The molecule has 0 radical (unpaired) electrons. The first kappa shape index (κ1) is 59.0. The van der Waals surface area contributed by atoms with Crippen LogP contribution in [0.4, 0.5) is 0 Å². The molecule has 1 aliphatic carbocycles. The molecule has 2 rings (SSSR count). The van der Waals surface area contributed by atoms with E-state index in [9.17, 15) is 59.6 Å². The summed E-state index contributed by atoms with van der Waals surface area (Å²) >= 11 is 0. The molecule has 17 heteroatoms. The van der Waals surface area contributed by atoms with Crippen molar-refractivity contribution in [2.24, 2.45) is 11.8 Å². The van der Waals surface area contributed by atoms with Crippen molar-refractivity contribution in [3.05, 3.63) is 72.9 Å². The molecule has 1 aliphatic heterocycles. The lowest BCUT2D eigenvalue weighted by atomic mass is 9.84. The van der Waals surface area contributed by atoms with Gasteiger partial charge in [-0.05, 0) is 70.6 Å². The maximum Gasteiger partial charge on any atom is 0.472 e. The Balaban J connectivity index is 2.18. The van der Waals surface area contributed by atoms with Crippen molar-refractivity contribution in [1.29, 1.82) is 0 Å². The zero-order chi connectivity index (χ0) is 48.7. The zero-order valence-corrected chi connectivity index (χ0v) is 39.8. The molecule has 0 amide bonds. The molecule has 16 nitrogen and oxygen atoms in total. The number of rotatable bonds is 21. The highest BCUT2D eigenvalue weighted by Gasteiger charge is 2.49. The third-order valence-electron chi connectivity index (χ3n) is 11.4. The van der Waals surface area contributed by atoms with Gasteiger partial charge < -0.3 is 50.1 Å². The SMILES string of the molecule is CC/C=C\C/C=C\C/C=C\C/C=C\CCCCCCC(=O)O[C@@H]1COC(=O)CCC/C=C\C[C@H]2C(=O)C[C@@H](O)[C@H](/C=C/[C@@H](O)CCCCC)[C@@H](O)[C@@H](O)[C@@H](OP(=O)(O)OC1)[C@H](O)[C@@H](O)[C@@H]2O. The van der Waals surface area contributed by atoms with Crippen LogP contribution in [0.3, 0.4) is 0 Å². The van der Waals surface area contributed by atoms with Crippen molar-refractivity contribution < 1.29 is 78.1 Å². The number of cyclic esters (lactones) is 1. The first-order valence-electron chi connectivity index (χ1n) is 23.8. The van der Waals surface area contributed by atoms with Crippen molar-refractivity contribution in [3.8, 4) is 0 Å². The molecule has 1 unspecified atom stereocenters. The van der Waals surface area contributed by atoms with Crippen molar-refractivity contribution in [1.82, 2.24) is 0 Å². The molecule has 0 spiro atoms. The van der Waals surface area contributed by atoms with Gasteiger partial charge in [-0.2, -0.15) is 0 Å². The number of aliphatic hydroxyl groups excluding tert-OH is 7. The minimum atomic E-state index is -5.47. The number of phosphoric ester groups is 1. The Labute approximate surface area is 391 Å². The number of phosphoric acid groups is 1. The molecule has 2 aliphatic rings. The summed E-state index contributed by atoms with van der Waals surface area (Å²) in [6, 6.07) is 0. The number of ketones is 1. The van der Waals surface area contributed by atoms with Crippen LogP contribution in [0, 0.1) is 11.8 Å². The summed E-state index contributed by atoms with van der Waals surface area (Å²) in [6.07, 6.45) is 14.7. The summed E-state index contributed by atoms with van der Waals surface area (Å²) < 4.78 is 34.6. The largest absolute Gasteiger partial charge is 0.472 e. The smallest absolute Gasteiger partial charge is 0.462 e. The number of esters is 2. The van der Waals surface area contributed by atoms with Gasteiger partial charge in [-0.1, -0.05) is 119 Å². The van der Waals surface area contributed by atoms with E-state index < -0.39 is 112 Å². The van der Waals surface area contributed by atoms with Gasteiger partial charge in [0.25, 0.3) is 0 Å². The molecule has 1 saturated carbocycles. The second-order valence-corrected chi connectivity index (χ2v) is 18.4. The highest BCUT2D eigenvalue weighted by Crippen LogP contribution is 2.47. The van der Waals surface area contributed by atoms with Crippen molar-refractivity contribution in [2.45, 2.75) is 191 Å². The van der Waals surface area contributed by atoms with Gasteiger partial charge >= 0.3 is 19.8 Å². The molecule has 12 atom stereocenters. The number of aliphatic hydroxyl groups is 7. The minimum Gasteiger partial charge on any atom is -0.462 e. The molecule has 1 fully saturated rings. The van der Waals surface area contributed by atoms with Crippen LogP contribution in [0.1, 0.15) is 136 Å². The quantitative estimate of drug-likeness (QED) is 0.0280. The number of carbonyl (C=O) groups is 3. The third-order valence-corrected chi connectivity index (χ3v) is 12.4. The van der Waals surface area contributed by atoms with Crippen molar-refractivity contribution in [2.75, 3.05) is 13.2 Å². The first-order valence-corrected chi connectivity index (χ1v) is 25.3. The molecular formula is C49H79O16P. The van der Waals surface area contributed by atoms with Gasteiger partial charge in [-0.25, -0.2) is 4.57 Å². The van der Waals surface area contributed by atoms with Crippen LogP contribution in [0.15, 0.2) is 72.9 Å². The van der Waals surface area contributed by atoms with Crippen LogP contribution in [-0.4, -0.2) is 127 Å². The predicted octanol–water partition coefficient (Wildman–Crippen LogP) is 6.09. The minimum absolute atomic E-state index is 0.00662. The Hall–Kier alpha value is -3.12. The van der Waals surface area contributed by atoms with Gasteiger partial charge in [0.05, 0.1) is 31.0 Å². The normalized spacial score (nSPS) is 31.6. The van der Waals surface area contributed by atoms with Gasteiger partial charge in [-0.15, -0.1) is 0 Å². The van der Waals surface area contributed by atoms with Gasteiger partial charge in [-0.3, -0.25) is 23.4 Å². The summed E-state index contributed by atoms with van der Waals surface area (Å²) in [7, 11) is -5.47. The van der Waals surface area contributed by atoms with Crippen LogP contribution in [0.5, 0.6) is 0 Å². The van der Waals surface area contributed by atoms with Gasteiger partial charge in [0.2, 0.25) is 0 Å². The van der Waals surface area contributed by atoms with E-state index in [4.69, 9.17) is 18.5 Å².